The van der Waals surface area contributed by atoms with Crippen molar-refractivity contribution >= 4 is 34.8 Å². The van der Waals surface area contributed by atoms with E-state index in [-0.39, 0.29) is 18.2 Å². The Morgan fingerprint density at radius 3 is 2.56 bits per heavy atom. The van der Waals surface area contributed by atoms with Crippen molar-refractivity contribution in [2.24, 2.45) is 0 Å². The van der Waals surface area contributed by atoms with Gasteiger partial charge in [-0.2, -0.15) is 0 Å². The molecule has 0 aliphatic rings. The summed E-state index contributed by atoms with van der Waals surface area (Å²) in [5.74, 6) is 0.194. The molecule has 25 heavy (non-hydrogen) atoms. The van der Waals surface area contributed by atoms with Gasteiger partial charge in [-0.25, -0.2) is 0 Å². The number of carbonyl (C=O) groups is 2. The molecular formula is C18H21ClN2O3S. The zero-order valence-corrected chi connectivity index (χ0v) is 16.0. The van der Waals surface area contributed by atoms with E-state index in [4.69, 9.17) is 16.3 Å². The normalized spacial score (nSPS) is 10.4. The summed E-state index contributed by atoms with van der Waals surface area (Å²) in [4.78, 5) is 25.8. The van der Waals surface area contributed by atoms with Crippen LogP contribution < -0.4 is 15.6 Å². The maximum Gasteiger partial charge on any atom is 0.270 e. The number of benzene rings is 1. The number of thiophene rings is 1. The first kappa shape index (κ1) is 19.3. The molecule has 0 atom stereocenters. The lowest BCUT2D eigenvalue weighted by Crippen LogP contribution is -2.41. The van der Waals surface area contributed by atoms with E-state index in [0.717, 1.165) is 21.1 Å². The summed E-state index contributed by atoms with van der Waals surface area (Å²) in [6.07, 6.45) is 0.801. The molecule has 0 saturated carbocycles. The first-order valence-corrected chi connectivity index (χ1v) is 9.11. The van der Waals surface area contributed by atoms with Crippen LogP contribution in [0, 0.1) is 20.8 Å². The summed E-state index contributed by atoms with van der Waals surface area (Å²) in [5.41, 5.74) is 6.40. The molecule has 134 valence electrons. The summed E-state index contributed by atoms with van der Waals surface area (Å²) in [5, 5.41) is 0.663. The van der Waals surface area contributed by atoms with Gasteiger partial charge in [-0.15, -0.1) is 11.3 Å². The summed E-state index contributed by atoms with van der Waals surface area (Å²) < 4.78 is 5.63. The predicted octanol–water partition coefficient (Wildman–Crippen LogP) is 3.95. The second kappa shape index (κ2) is 8.87. The third-order valence-corrected chi connectivity index (χ3v) is 4.74. The molecule has 0 bridgehead atoms. The highest BCUT2D eigenvalue weighted by Gasteiger charge is 2.12. The van der Waals surface area contributed by atoms with Gasteiger partial charge in [0.15, 0.2) is 0 Å². The minimum Gasteiger partial charge on any atom is -0.493 e. The average Bonchev–Trinajstić information content (AvgIpc) is 2.89. The Hall–Kier alpha value is -2.05. The van der Waals surface area contributed by atoms with Gasteiger partial charge in [-0.05, 0) is 57.0 Å². The number of rotatable bonds is 6. The topological polar surface area (TPSA) is 67.4 Å². The molecule has 1 aromatic carbocycles. The van der Waals surface area contributed by atoms with E-state index in [1.54, 1.807) is 17.4 Å². The summed E-state index contributed by atoms with van der Waals surface area (Å²) >= 11 is 7.44. The molecule has 2 amide bonds. The van der Waals surface area contributed by atoms with Crippen LogP contribution in [0.4, 0.5) is 0 Å². The van der Waals surface area contributed by atoms with Crippen molar-refractivity contribution in [2.45, 2.75) is 33.6 Å². The van der Waals surface area contributed by atoms with E-state index in [1.165, 1.54) is 0 Å². The highest BCUT2D eigenvalue weighted by Crippen LogP contribution is 2.22. The highest BCUT2D eigenvalue weighted by molar-refractivity contribution is 7.12. The number of aryl methyl sites for hydroxylation is 3. The largest absolute Gasteiger partial charge is 0.493 e. The van der Waals surface area contributed by atoms with Crippen molar-refractivity contribution in [3.8, 4) is 5.75 Å². The van der Waals surface area contributed by atoms with E-state index in [0.29, 0.717) is 23.6 Å². The summed E-state index contributed by atoms with van der Waals surface area (Å²) in [7, 11) is 0. The second-order valence-corrected chi connectivity index (χ2v) is 7.59. The van der Waals surface area contributed by atoms with Crippen molar-refractivity contribution in [3.05, 3.63) is 50.2 Å². The second-order valence-electron chi connectivity index (χ2n) is 5.69. The number of hydrogen-bond acceptors (Lipinski definition) is 4. The van der Waals surface area contributed by atoms with Gasteiger partial charge in [0.2, 0.25) is 5.91 Å². The third kappa shape index (κ3) is 5.76. The van der Waals surface area contributed by atoms with E-state index in [2.05, 4.69) is 10.9 Å². The van der Waals surface area contributed by atoms with Crippen LogP contribution in [-0.4, -0.2) is 18.4 Å². The molecule has 0 saturated heterocycles. The summed E-state index contributed by atoms with van der Waals surface area (Å²) in [6, 6.07) is 7.21. The van der Waals surface area contributed by atoms with Gasteiger partial charge in [0, 0.05) is 21.2 Å². The third-order valence-electron chi connectivity index (χ3n) is 3.54. The predicted molar refractivity (Wildman–Crippen MR) is 100 cm³/mol. The number of amides is 2. The fraction of sp³-hybridized carbons (Fsp3) is 0.333. The maximum atomic E-state index is 12.0. The summed E-state index contributed by atoms with van der Waals surface area (Å²) in [6.45, 7) is 6.14. The smallest absolute Gasteiger partial charge is 0.270 e. The Morgan fingerprint density at radius 2 is 1.92 bits per heavy atom. The van der Waals surface area contributed by atoms with E-state index in [1.807, 2.05) is 39.0 Å². The quantitative estimate of drug-likeness (QED) is 0.589. The molecule has 7 heteroatoms. The van der Waals surface area contributed by atoms with Crippen LogP contribution in [0.25, 0.3) is 0 Å². The number of nitrogens with one attached hydrogen (secondary N) is 2. The Kier molecular flexibility index (Phi) is 6.84. The Labute approximate surface area is 156 Å². The molecule has 2 rings (SSSR count). The fourth-order valence-corrected chi connectivity index (χ4v) is 3.45. The first-order chi connectivity index (χ1) is 11.9. The molecule has 0 aliphatic carbocycles. The average molecular weight is 381 g/mol. The van der Waals surface area contributed by atoms with Gasteiger partial charge in [-0.1, -0.05) is 11.6 Å². The minimum absolute atomic E-state index is 0.255. The van der Waals surface area contributed by atoms with Gasteiger partial charge < -0.3 is 4.74 Å². The van der Waals surface area contributed by atoms with E-state index >= 15 is 0 Å². The number of hydrogen-bond donors (Lipinski definition) is 2. The number of carbonyl (C=O) groups excluding carboxylic acids is 2. The lowest BCUT2D eigenvalue weighted by Gasteiger charge is -2.10. The molecule has 0 unspecified atom stereocenters. The molecule has 5 nitrogen and oxygen atoms in total. The zero-order valence-electron chi connectivity index (χ0n) is 14.4. The minimum atomic E-state index is -0.303. The zero-order chi connectivity index (χ0) is 18.4. The fourth-order valence-electron chi connectivity index (χ4n) is 2.30. The van der Waals surface area contributed by atoms with E-state index in [9.17, 15) is 9.59 Å². The van der Waals surface area contributed by atoms with Crippen molar-refractivity contribution < 1.29 is 14.3 Å². The van der Waals surface area contributed by atoms with Crippen LogP contribution in [0.3, 0.4) is 0 Å². The molecule has 0 spiro atoms. The standard InChI is InChI=1S/C18H21ClN2O3S/c1-11-9-14(19)6-7-16(11)24-8-4-5-17(22)20-21-18(23)15-10-12(2)25-13(15)3/h6-7,9-10H,4-5,8H2,1-3H3,(H,20,22)(H,21,23). The maximum absolute atomic E-state index is 12.0. The van der Waals surface area contributed by atoms with Crippen LogP contribution in [0.1, 0.15) is 38.5 Å². The number of ether oxygens (including phenoxy) is 1. The van der Waals surface area contributed by atoms with Gasteiger partial charge in [0.1, 0.15) is 5.75 Å². The lowest BCUT2D eigenvalue weighted by atomic mass is 10.2. The molecular weight excluding hydrogens is 360 g/mol. The van der Waals surface area contributed by atoms with Crippen molar-refractivity contribution in [3.63, 3.8) is 0 Å². The van der Waals surface area contributed by atoms with Gasteiger partial charge in [-0.3, -0.25) is 20.4 Å². The molecule has 0 aliphatic heterocycles. The number of halogens is 1. The highest BCUT2D eigenvalue weighted by atomic mass is 35.5. The Morgan fingerprint density at radius 1 is 1.16 bits per heavy atom. The number of hydrazine groups is 1. The first-order valence-electron chi connectivity index (χ1n) is 7.92. The van der Waals surface area contributed by atoms with Crippen LogP contribution >= 0.6 is 22.9 Å². The molecule has 1 heterocycles. The molecule has 0 radical (unpaired) electrons. The van der Waals surface area contributed by atoms with Gasteiger partial charge in [0.25, 0.3) is 5.91 Å². The van der Waals surface area contributed by atoms with Gasteiger partial charge in [0.05, 0.1) is 12.2 Å². The van der Waals surface area contributed by atoms with Crippen LogP contribution in [0.15, 0.2) is 24.3 Å². The molecule has 0 fully saturated rings. The lowest BCUT2D eigenvalue weighted by molar-refractivity contribution is -0.122. The molecule has 2 aromatic rings. The van der Waals surface area contributed by atoms with Crippen molar-refractivity contribution in [2.75, 3.05) is 6.61 Å². The molecule has 2 N–H and O–H groups in total. The monoisotopic (exact) mass is 380 g/mol. The van der Waals surface area contributed by atoms with Crippen molar-refractivity contribution in [1.82, 2.24) is 10.9 Å². The van der Waals surface area contributed by atoms with Crippen molar-refractivity contribution in [1.29, 1.82) is 0 Å². The van der Waals surface area contributed by atoms with Gasteiger partial charge >= 0.3 is 0 Å². The van der Waals surface area contributed by atoms with Crippen LogP contribution in [0.5, 0.6) is 5.75 Å². The SMILES string of the molecule is Cc1cc(C(=O)NNC(=O)CCCOc2ccc(Cl)cc2C)c(C)s1. The Balaban J connectivity index is 1.69. The van der Waals surface area contributed by atoms with Crippen LogP contribution in [0.2, 0.25) is 5.02 Å². The van der Waals surface area contributed by atoms with Crippen LogP contribution in [-0.2, 0) is 4.79 Å². The Bertz CT molecular complexity index is 774. The van der Waals surface area contributed by atoms with E-state index < -0.39 is 0 Å². The molecule has 1 aromatic heterocycles.